The average Bonchev–Trinajstić information content (AvgIpc) is 3.08. The van der Waals surface area contributed by atoms with Gasteiger partial charge in [-0.2, -0.15) is 0 Å². The number of sulfonamides is 1. The monoisotopic (exact) mass is 340 g/mol. The molecule has 3 N–H and O–H groups in total. The molecule has 8 heteroatoms. The molecule has 1 fully saturated rings. The van der Waals surface area contributed by atoms with Gasteiger partial charge in [0.05, 0.1) is 11.0 Å². The first-order valence-electron chi connectivity index (χ1n) is 7.64. The van der Waals surface area contributed by atoms with E-state index in [1.165, 1.54) is 0 Å². The minimum Gasteiger partial charge on any atom is -0.377 e. The Bertz CT molecular complexity index is 623. The molecule has 0 spiro atoms. The van der Waals surface area contributed by atoms with Crippen LogP contribution in [-0.4, -0.2) is 47.7 Å². The van der Waals surface area contributed by atoms with Crippen molar-refractivity contribution in [3.05, 3.63) is 29.8 Å². The first-order valence-corrected chi connectivity index (χ1v) is 9.12. The lowest BCUT2D eigenvalue weighted by molar-refractivity contribution is 0.114. The van der Waals surface area contributed by atoms with E-state index in [-0.39, 0.29) is 11.0 Å². The van der Waals surface area contributed by atoms with Crippen molar-refractivity contribution in [2.75, 3.05) is 27.2 Å². The van der Waals surface area contributed by atoms with Gasteiger partial charge in [0.25, 0.3) is 0 Å². The molecule has 1 heterocycles. The summed E-state index contributed by atoms with van der Waals surface area (Å²) in [6, 6.07) is 6.79. The van der Waals surface area contributed by atoms with Gasteiger partial charge in [-0.05, 0) is 30.5 Å². The standard InChI is InChI=1S/C15H24N4O3S/c1-16-15(17-2)18-10-12-5-7-14(8-6-12)23(20,21)19-11-13-4-3-9-22-13/h5-8,13,19H,3-4,9-11H2,1-2H3,(H2,16,17,18). The summed E-state index contributed by atoms with van der Waals surface area (Å²) in [5.41, 5.74) is 0.972. The van der Waals surface area contributed by atoms with Gasteiger partial charge in [-0.15, -0.1) is 0 Å². The van der Waals surface area contributed by atoms with Crippen molar-refractivity contribution in [2.45, 2.75) is 30.4 Å². The van der Waals surface area contributed by atoms with E-state index in [0.717, 1.165) is 18.4 Å². The third-order valence-electron chi connectivity index (χ3n) is 3.68. The average molecular weight is 340 g/mol. The van der Waals surface area contributed by atoms with Gasteiger partial charge in [-0.25, -0.2) is 13.1 Å². The zero-order valence-corrected chi connectivity index (χ0v) is 14.3. The summed E-state index contributed by atoms with van der Waals surface area (Å²) < 4.78 is 32.5. The molecule has 1 saturated heterocycles. The number of ether oxygens (including phenoxy) is 1. The predicted octanol–water partition coefficient (Wildman–Crippen LogP) is 0.439. The van der Waals surface area contributed by atoms with Crippen LogP contribution in [0.15, 0.2) is 34.2 Å². The normalized spacial score (nSPS) is 18.9. The highest BCUT2D eigenvalue weighted by molar-refractivity contribution is 7.89. The number of benzene rings is 1. The highest BCUT2D eigenvalue weighted by atomic mass is 32.2. The van der Waals surface area contributed by atoms with Gasteiger partial charge >= 0.3 is 0 Å². The van der Waals surface area contributed by atoms with E-state index in [0.29, 0.717) is 25.7 Å². The van der Waals surface area contributed by atoms with Crippen molar-refractivity contribution < 1.29 is 13.2 Å². The molecule has 1 unspecified atom stereocenters. The predicted molar refractivity (Wildman–Crippen MR) is 89.9 cm³/mol. The van der Waals surface area contributed by atoms with Crippen LogP contribution in [0, 0.1) is 0 Å². The summed E-state index contributed by atoms with van der Waals surface area (Å²) in [6.07, 6.45) is 1.88. The molecule has 1 aromatic carbocycles. The van der Waals surface area contributed by atoms with Crippen LogP contribution in [0.25, 0.3) is 0 Å². The highest BCUT2D eigenvalue weighted by Gasteiger charge is 2.20. The van der Waals surface area contributed by atoms with E-state index in [2.05, 4.69) is 20.3 Å². The van der Waals surface area contributed by atoms with Crippen molar-refractivity contribution in [1.82, 2.24) is 15.4 Å². The summed E-state index contributed by atoms with van der Waals surface area (Å²) in [7, 11) is -0.0204. The minimum atomic E-state index is -3.49. The Morgan fingerprint density at radius 2 is 2.09 bits per heavy atom. The maximum Gasteiger partial charge on any atom is 0.240 e. The van der Waals surface area contributed by atoms with Crippen molar-refractivity contribution in [3.8, 4) is 0 Å². The van der Waals surface area contributed by atoms with Gasteiger partial charge in [0.15, 0.2) is 5.96 Å². The van der Waals surface area contributed by atoms with Crippen molar-refractivity contribution >= 4 is 16.0 Å². The van der Waals surface area contributed by atoms with Gasteiger partial charge in [0.1, 0.15) is 0 Å². The van der Waals surface area contributed by atoms with E-state index < -0.39 is 10.0 Å². The summed E-state index contributed by atoms with van der Waals surface area (Å²) >= 11 is 0. The Morgan fingerprint density at radius 3 is 2.65 bits per heavy atom. The molecule has 1 aliphatic heterocycles. The van der Waals surface area contributed by atoms with Gasteiger partial charge < -0.3 is 15.4 Å². The van der Waals surface area contributed by atoms with Gasteiger partial charge in [-0.3, -0.25) is 4.99 Å². The molecule has 0 saturated carbocycles. The Labute approximate surface area is 137 Å². The topological polar surface area (TPSA) is 91.8 Å². The number of aliphatic imine (C=N–C) groups is 1. The third-order valence-corrected chi connectivity index (χ3v) is 5.12. The van der Waals surface area contributed by atoms with E-state index in [1.807, 2.05) is 0 Å². The number of rotatable bonds is 6. The SMILES string of the molecule is CN=C(NC)NCc1ccc(S(=O)(=O)NCC2CCCO2)cc1. The molecule has 0 radical (unpaired) electrons. The highest BCUT2D eigenvalue weighted by Crippen LogP contribution is 2.14. The maximum atomic E-state index is 12.2. The van der Waals surface area contributed by atoms with Crippen LogP contribution in [-0.2, 0) is 21.3 Å². The number of hydrogen-bond donors (Lipinski definition) is 3. The lowest BCUT2D eigenvalue weighted by Crippen LogP contribution is -2.34. The van der Waals surface area contributed by atoms with Crippen molar-refractivity contribution in [2.24, 2.45) is 4.99 Å². The number of nitrogens with zero attached hydrogens (tertiary/aromatic N) is 1. The lowest BCUT2D eigenvalue weighted by Gasteiger charge is -2.12. The van der Waals surface area contributed by atoms with Gasteiger partial charge in [0, 0.05) is 33.8 Å². The summed E-state index contributed by atoms with van der Waals surface area (Å²) in [6.45, 7) is 1.60. The fourth-order valence-electron chi connectivity index (χ4n) is 2.34. The minimum absolute atomic E-state index is 0.0125. The fraction of sp³-hybridized carbons (Fsp3) is 0.533. The van der Waals surface area contributed by atoms with E-state index in [4.69, 9.17) is 4.74 Å². The Hall–Kier alpha value is -1.64. The second-order valence-corrected chi connectivity index (χ2v) is 7.07. The summed E-state index contributed by atoms with van der Waals surface area (Å²) in [5, 5.41) is 6.04. The Morgan fingerprint density at radius 1 is 1.35 bits per heavy atom. The van der Waals surface area contributed by atoms with E-state index in [9.17, 15) is 8.42 Å². The first-order chi connectivity index (χ1) is 11.0. The lowest BCUT2D eigenvalue weighted by atomic mass is 10.2. The molecule has 1 aromatic rings. The Kier molecular flexibility index (Phi) is 6.37. The van der Waals surface area contributed by atoms with E-state index >= 15 is 0 Å². The molecule has 0 amide bonds. The molecule has 7 nitrogen and oxygen atoms in total. The van der Waals surface area contributed by atoms with Crippen LogP contribution in [0.1, 0.15) is 18.4 Å². The van der Waals surface area contributed by atoms with E-state index in [1.54, 1.807) is 38.4 Å². The zero-order valence-electron chi connectivity index (χ0n) is 13.5. The second-order valence-electron chi connectivity index (χ2n) is 5.31. The van der Waals surface area contributed by atoms with Crippen molar-refractivity contribution in [3.63, 3.8) is 0 Å². The van der Waals surface area contributed by atoms with Gasteiger partial charge in [0.2, 0.25) is 10.0 Å². The molecule has 1 atom stereocenters. The fourth-order valence-corrected chi connectivity index (χ4v) is 3.41. The smallest absolute Gasteiger partial charge is 0.240 e. The molecule has 0 aliphatic carbocycles. The third kappa shape index (κ3) is 5.19. The molecule has 128 valence electrons. The quantitative estimate of drug-likeness (QED) is 0.516. The van der Waals surface area contributed by atoms with Crippen LogP contribution in [0.2, 0.25) is 0 Å². The van der Waals surface area contributed by atoms with Gasteiger partial charge in [-0.1, -0.05) is 12.1 Å². The largest absolute Gasteiger partial charge is 0.377 e. The molecular weight excluding hydrogens is 316 g/mol. The van der Waals surface area contributed by atoms with Crippen LogP contribution in [0.3, 0.4) is 0 Å². The maximum absolute atomic E-state index is 12.2. The summed E-state index contributed by atoms with van der Waals surface area (Å²) in [4.78, 5) is 4.28. The van der Waals surface area contributed by atoms with Crippen LogP contribution in [0.5, 0.6) is 0 Å². The number of guanidine groups is 1. The zero-order chi connectivity index (χ0) is 16.7. The first kappa shape index (κ1) is 17.7. The van der Waals surface area contributed by atoms with Crippen LogP contribution in [0.4, 0.5) is 0 Å². The van der Waals surface area contributed by atoms with Crippen LogP contribution < -0.4 is 15.4 Å². The number of nitrogens with one attached hydrogen (secondary N) is 3. The molecule has 1 aliphatic rings. The molecule has 0 aromatic heterocycles. The molecule has 0 bridgehead atoms. The second kappa shape index (κ2) is 8.28. The summed E-state index contributed by atoms with van der Waals surface area (Å²) in [5.74, 6) is 0.680. The molecular formula is C15H24N4O3S. The molecule has 23 heavy (non-hydrogen) atoms. The van der Waals surface area contributed by atoms with Crippen molar-refractivity contribution in [1.29, 1.82) is 0 Å². The Balaban J connectivity index is 1.92. The number of hydrogen-bond acceptors (Lipinski definition) is 4. The van der Waals surface area contributed by atoms with Crippen LogP contribution >= 0.6 is 0 Å². The molecule has 2 rings (SSSR count).